The van der Waals surface area contributed by atoms with Crippen LogP contribution in [0.4, 0.5) is 0 Å². The van der Waals surface area contributed by atoms with Crippen LogP contribution in [0.15, 0.2) is 28.7 Å². The van der Waals surface area contributed by atoms with E-state index in [1.165, 1.54) is 0 Å². The minimum Gasteiger partial charge on any atom is -0.481 e. The van der Waals surface area contributed by atoms with Crippen LogP contribution < -0.4 is 5.32 Å². The number of rotatable bonds is 6. The third-order valence-corrected chi connectivity index (χ3v) is 2.50. The SMILES string of the molecule is O=C(O)CCNCC(=O)c1ccc(Br)cc1. The fraction of sp³-hybridized carbons (Fsp3) is 0.273. The van der Waals surface area contributed by atoms with Gasteiger partial charge in [-0.3, -0.25) is 9.59 Å². The number of carbonyl (C=O) groups excluding carboxylic acids is 1. The maximum absolute atomic E-state index is 11.6. The second-order valence-electron chi connectivity index (χ2n) is 3.25. The lowest BCUT2D eigenvalue weighted by Gasteiger charge is -2.02. The van der Waals surface area contributed by atoms with Crippen molar-refractivity contribution in [3.63, 3.8) is 0 Å². The Hall–Kier alpha value is -1.20. The zero-order valence-electron chi connectivity index (χ0n) is 8.57. The van der Waals surface area contributed by atoms with E-state index in [0.29, 0.717) is 12.1 Å². The van der Waals surface area contributed by atoms with Gasteiger partial charge >= 0.3 is 5.97 Å². The van der Waals surface area contributed by atoms with Crippen molar-refractivity contribution >= 4 is 27.7 Å². The molecule has 0 spiro atoms. The molecule has 0 bridgehead atoms. The highest BCUT2D eigenvalue weighted by Crippen LogP contribution is 2.10. The standard InChI is InChI=1S/C11H12BrNO3/c12-9-3-1-8(2-4-9)10(14)7-13-6-5-11(15)16/h1-4,13H,5-7H2,(H,15,16). The molecule has 16 heavy (non-hydrogen) atoms. The maximum Gasteiger partial charge on any atom is 0.304 e. The first kappa shape index (κ1) is 12.9. The average Bonchev–Trinajstić information content (AvgIpc) is 2.25. The summed E-state index contributed by atoms with van der Waals surface area (Å²) in [5.41, 5.74) is 0.617. The number of hydrogen-bond acceptors (Lipinski definition) is 3. The molecule has 86 valence electrons. The Bertz CT molecular complexity index is 375. The van der Waals surface area contributed by atoms with E-state index in [1.807, 2.05) is 0 Å². The molecule has 0 aliphatic heterocycles. The van der Waals surface area contributed by atoms with Crippen LogP contribution in [0.25, 0.3) is 0 Å². The number of nitrogens with one attached hydrogen (secondary N) is 1. The van der Waals surface area contributed by atoms with Crippen LogP contribution >= 0.6 is 15.9 Å². The minimum atomic E-state index is -0.872. The second kappa shape index (κ2) is 6.40. The quantitative estimate of drug-likeness (QED) is 0.617. The van der Waals surface area contributed by atoms with Crippen molar-refractivity contribution in [3.05, 3.63) is 34.3 Å². The number of carbonyl (C=O) groups is 2. The van der Waals surface area contributed by atoms with Crippen LogP contribution in [0.2, 0.25) is 0 Å². The number of aliphatic carboxylic acids is 1. The van der Waals surface area contributed by atoms with Crippen molar-refractivity contribution in [2.24, 2.45) is 0 Å². The molecule has 0 aromatic heterocycles. The molecule has 1 aromatic carbocycles. The van der Waals surface area contributed by atoms with E-state index < -0.39 is 5.97 Å². The highest BCUT2D eigenvalue weighted by atomic mass is 79.9. The van der Waals surface area contributed by atoms with E-state index in [4.69, 9.17) is 5.11 Å². The molecule has 0 aliphatic rings. The molecule has 0 atom stereocenters. The van der Waals surface area contributed by atoms with Crippen LogP contribution in [-0.4, -0.2) is 29.9 Å². The minimum absolute atomic E-state index is 0.0214. The number of hydrogen-bond donors (Lipinski definition) is 2. The Morgan fingerprint density at radius 2 is 1.88 bits per heavy atom. The molecule has 5 heteroatoms. The first-order chi connectivity index (χ1) is 7.59. The summed E-state index contributed by atoms with van der Waals surface area (Å²) < 4.78 is 0.919. The molecule has 0 unspecified atom stereocenters. The molecule has 1 rings (SSSR count). The fourth-order valence-corrected chi connectivity index (χ4v) is 1.40. The normalized spacial score (nSPS) is 10.1. The van der Waals surface area contributed by atoms with Gasteiger partial charge in [0.15, 0.2) is 5.78 Å². The Morgan fingerprint density at radius 1 is 1.25 bits per heavy atom. The second-order valence-corrected chi connectivity index (χ2v) is 4.17. The summed E-state index contributed by atoms with van der Waals surface area (Å²) in [6.07, 6.45) is 0.0214. The molecule has 0 saturated carbocycles. The molecule has 0 radical (unpaired) electrons. The lowest BCUT2D eigenvalue weighted by molar-refractivity contribution is -0.136. The zero-order valence-corrected chi connectivity index (χ0v) is 10.2. The highest BCUT2D eigenvalue weighted by Gasteiger charge is 2.05. The van der Waals surface area contributed by atoms with Crippen molar-refractivity contribution in [1.82, 2.24) is 5.32 Å². The molecule has 4 nitrogen and oxygen atoms in total. The van der Waals surface area contributed by atoms with Gasteiger partial charge in [-0.2, -0.15) is 0 Å². The molecular weight excluding hydrogens is 274 g/mol. The molecule has 0 fully saturated rings. The summed E-state index contributed by atoms with van der Waals surface area (Å²) >= 11 is 3.28. The number of halogens is 1. The van der Waals surface area contributed by atoms with Crippen LogP contribution in [0.5, 0.6) is 0 Å². The fourth-order valence-electron chi connectivity index (χ4n) is 1.14. The predicted molar refractivity (Wildman–Crippen MR) is 63.6 cm³/mol. The Labute approximate surface area is 102 Å². The first-order valence-corrected chi connectivity index (χ1v) is 5.60. The van der Waals surface area contributed by atoms with Crippen LogP contribution in [-0.2, 0) is 4.79 Å². The van der Waals surface area contributed by atoms with Crippen LogP contribution in [0.3, 0.4) is 0 Å². The van der Waals surface area contributed by atoms with Gasteiger partial charge in [0.25, 0.3) is 0 Å². The molecule has 0 heterocycles. The lowest BCUT2D eigenvalue weighted by Crippen LogP contribution is -2.25. The summed E-state index contributed by atoms with van der Waals surface area (Å²) in [6.45, 7) is 0.465. The van der Waals surface area contributed by atoms with Crippen molar-refractivity contribution in [2.45, 2.75) is 6.42 Å². The zero-order chi connectivity index (χ0) is 12.0. The van der Waals surface area contributed by atoms with Gasteiger partial charge in [-0.1, -0.05) is 28.1 Å². The van der Waals surface area contributed by atoms with Crippen molar-refractivity contribution in [1.29, 1.82) is 0 Å². The van der Waals surface area contributed by atoms with Gasteiger partial charge in [-0.15, -0.1) is 0 Å². The molecule has 1 aromatic rings. The summed E-state index contributed by atoms with van der Waals surface area (Å²) in [5.74, 6) is -0.915. The van der Waals surface area contributed by atoms with E-state index in [-0.39, 0.29) is 18.7 Å². The van der Waals surface area contributed by atoms with Gasteiger partial charge < -0.3 is 10.4 Å². The lowest BCUT2D eigenvalue weighted by atomic mass is 10.1. The highest BCUT2D eigenvalue weighted by molar-refractivity contribution is 9.10. The Morgan fingerprint density at radius 3 is 2.44 bits per heavy atom. The van der Waals surface area contributed by atoms with Crippen LogP contribution in [0.1, 0.15) is 16.8 Å². The third-order valence-electron chi connectivity index (χ3n) is 1.97. The van der Waals surface area contributed by atoms with Gasteiger partial charge in [0.05, 0.1) is 13.0 Å². The van der Waals surface area contributed by atoms with E-state index in [1.54, 1.807) is 24.3 Å². The van der Waals surface area contributed by atoms with Gasteiger partial charge in [0, 0.05) is 16.6 Å². The largest absolute Gasteiger partial charge is 0.481 e. The maximum atomic E-state index is 11.6. The monoisotopic (exact) mass is 285 g/mol. The molecule has 0 saturated heterocycles. The smallest absolute Gasteiger partial charge is 0.304 e. The van der Waals surface area contributed by atoms with Crippen molar-refractivity contribution in [3.8, 4) is 0 Å². The van der Waals surface area contributed by atoms with Gasteiger partial charge in [-0.25, -0.2) is 0 Å². The summed E-state index contributed by atoms with van der Waals surface area (Å²) in [7, 11) is 0. The molecule has 0 aliphatic carbocycles. The Kier molecular flexibility index (Phi) is 5.14. The number of ketones is 1. The first-order valence-electron chi connectivity index (χ1n) is 4.81. The number of benzene rings is 1. The van der Waals surface area contributed by atoms with Crippen molar-refractivity contribution < 1.29 is 14.7 Å². The van der Waals surface area contributed by atoms with Gasteiger partial charge in [0.2, 0.25) is 0 Å². The third kappa shape index (κ3) is 4.55. The topological polar surface area (TPSA) is 66.4 Å². The van der Waals surface area contributed by atoms with Crippen LogP contribution in [0, 0.1) is 0 Å². The molecule has 0 amide bonds. The van der Waals surface area contributed by atoms with Gasteiger partial charge in [-0.05, 0) is 12.1 Å². The number of carboxylic acid groups (broad SMARTS) is 1. The number of carboxylic acids is 1. The van der Waals surface area contributed by atoms with E-state index in [2.05, 4.69) is 21.2 Å². The van der Waals surface area contributed by atoms with E-state index in [0.717, 1.165) is 4.47 Å². The summed E-state index contributed by atoms with van der Waals surface area (Å²) in [6, 6.07) is 7.05. The van der Waals surface area contributed by atoms with E-state index >= 15 is 0 Å². The Balaban J connectivity index is 2.35. The average molecular weight is 286 g/mol. The summed E-state index contributed by atoms with van der Waals surface area (Å²) in [4.78, 5) is 21.8. The van der Waals surface area contributed by atoms with E-state index in [9.17, 15) is 9.59 Å². The van der Waals surface area contributed by atoms with Gasteiger partial charge in [0.1, 0.15) is 0 Å². The molecule has 2 N–H and O–H groups in total. The predicted octanol–water partition coefficient (Wildman–Crippen LogP) is 1.70. The molecular formula is C11H12BrNO3. The summed E-state index contributed by atoms with van der Waals surface area (Å²) in [5, 5.41) is 11.2. The number of Topliss-reactive ketones (excluding diaryl/α,β-unsaturated/α-hetero) is 1. The van der Waals surface area contributed by atoms with Crippen molar-refractivity contribution in [2.75, 3.05) is 13.1 Å².